The van der Waals surface area contributed by atoms with Gasteiger partial charge in [0.2, 0.25) is 5.16 Å². The molecule has 3 rings (SSSR count). The summed E-state index contributed by atoms with van der Waals surface area (Å²) in [6.45, 7) is 0.0851. The predicted molar refractivity (Wildman–Crippen MR) is 98.7 cm³/mol. The van der Waals surface area contributed by atoms with Crippen LogP contribution in [0, 0.1) is 0 Å². The monoisotopic (exact) mass is 418 g/mol. The van der Waals surface area contributed by atoms with Gasteiger partial charge >= 0.3 is 0 Å². The maximum atomic E-state index is 6.07. The van der Waals surface area contributed by atoms with Gasteiger partial charge in [0.1, 0.15) is 17.6 Å². The molecule has 0 spiro atoms. The van der Waals surface area contributed by atoms with E-state index >= 15 is 0 Å². The third kappa shape index (κ3) is 3.98. The number of para-hydroxylation sites is 1. The van der Waals surface area contributed by atoms with Crippen LogP contribution in [0.4, 0.5) is 0 Å². The molecule has 2 aromatic heterocycles. The molecule has 1 aromatic carbocycles. The van der Waals surface area contributed by atoms with Gasteiger partial charge in [0.25, 0.3) is 0 Å². The Kier molecular flexibility index (Phi) is 5.63. The van der Waals surface area contributed by atoms with Crippen molar-refractivity contribution in [1.29, 1.82) is 0 Å². The molecule has 0 atom stereocenters. The fourth-order valence-electron chi connectivity index (χ4n) is 1.95. The number of nitrogens with two attached hydrogens (primary N) is 1. The number of hydrogen-bond donors (Lipinski definition) is 1. The normalized spacial score (nSPS) is 11.0. The second kappa shape index (κ2) is 7.74. The highest BCUT2D eigenvalue weighted by Crippen LogP contribution is 2.33. The van der Waals surface area contributed by atoms with Crippen LogP contribution in [0.3, 0.4) is 0 Å². The van der Waals surface area contributed by atoms with Crippen LogP contribution in [0.25, 0.3) is 0 Å². The van der Waals surface area contributed by atoms with Crippen molar-refractivity contribution in [3.63, 3.8) is 0 Å². The van der Waals surface area contributed by atoms with Gasteiger partial charge in [-0.3, -0.25) is 0 Å². The molecule has 0 amide bonds. The van der Waals surface area contributed by atoms with E-state index in [9.17, 15) is 0 Å². The van der Waals surface area contributed by atoms with Crippen molar-refractivity contribution in [2.24, 2.45) is 7.05 Å². The number of rotatable bonds is 6. The number of aromatic nitrogens is 5. The zero-order valence-corrected chi connectivity index (χ0v) is 16.1. The van der Waals surface area contributed by atoms with E-state index in [1.54, 1.807) is 29.0 Å². The standard InChI is InChI=1S/C14H13Cl3N6OS/c1-22-10(17)5-19-12(22)7-25-14-21-20-11(23(14)18)6-24-13-8(15)3-2-4-9(13)16/h2-5H,6-7,18H2,1H3. The lowest BCUT2D eigenvalue weighted by molar-refractivity contribution is 0.292. The van der Waals surface area contributed by atoms with Crippen LogP contribution in [0.15, 0.2) is 29.6 Å². The van der Waals surface area contributed by atoms with Crippen molar-refractivity contribution in [3.05, 3.63) is 51.2 Å². The number of thioether (sulfide) groups is 1. The largest absolute Gasteiger partial charge is 0.482 e. The lowest BCUT2D eigenvalue weighted by Crippen LogP contribution is -2.16. The van der Waals surface area contributed by atoms with Gasteiger partial charge < -0.3 is 15.1 Å². The van der Waals surface area contributed by atoms with Gasteiger partial charge in [-0.2, -0.15) is 0 Å². The number of hydrogen-bond acceptors (Lipinski definition) is 6. The van der Waals surface area contributed by atoms with Crippen molar-refractivity contribution in [3.8, 4) is 5.75 Å². The van der Waals surface area contributed by atoms with E-state index in [1.165, 1.54) is 16.4 Å². The summed E-state index contributed by atoms with van der Waals surface area (Å²) in [4.78, 5) is 4.22. The minimum Gasteiger partial charge on any atom is -0.482 e. The molecule has 0 saturated carbocycles. The fraction of sp³-hybridized carbons (Fsp3) is 0.214. The lowest BCUT2D eigenvalue weighted by atomic mass is 10.3. The summed E-state index contributed by atoms with van der Waals surface area (Å²) in [6.07, 6.45) is 1.59. The maximum Gasteiger partial charge on any atom is 0.210 e. The zero-order valence-electron chi connectivity index (χ0n) is 13.0. The first kappa shape index (κ1) is 18.2. The molecular weight excluding hydrogens is 407 g/mol. The summed E-state index contributed by atoms with van der Waals surface area (Å²) in [6, 6.07) is 5.12. The summed E-state index contributed by atoms with van der Waals surface area (Å²) in [5.74, 6) is 8.20. The molecule has 132 valence electrons. The third-order valence-corrected chi connectivity index (χ3v) is 5.24. The van der Waals surface area contributed by atoms with Gasteiger partial charge in [-0.05, 0) is 12.1 Å². The van der Waals surface area contributed by atoms with Crippen LogP contribution >= 0.6 is 46.6 Å². The van der Waals surface area contributed by atoms with E-state index in [1.807, 2.05) is 7.05 Å². The van der Waals surface area contributed by atoms with E-state index in [0.29, 0.717) is 37.7 Å². The van der Waals surface area contributed by atoms with Gasteiger partial charge in [-0.1, -0.05) is 52.6 Å². The Morgan fingerprint density at radius 1 is 1.16 bits per heavy atom. The van der Waals surface area contributed by atoms with Crippen molar-refractivity contribution in [2.45, 2.75) is 17.5 Å². The quantitative estimate of drug-likeness (QED) is 0.486. The minimum absolute atomic E-state index is 0.0851. The Balaban J connectivity index is 1.66. The molecule has 0 aliphatic carbocycles. The van der Waals surface area contributed by atoms with Crippen molar-refractivity contribution < 1.29 is 4.74 Å². The lowest BCUT2D eigenvalue weighted by Gasteiger charge is -2.09. The van der Waals surface area contributed by atoms with E-state index in [2.05, 4.69) is 15.2 Å². The molecule has 3 aromatic rings. The fourth-order valence-corrected chi connectivity index (χ4v) is 3.47. The molecule has 0 bridgehead atoms. The number of halogens is 3. The number of imidazole rings is 1. The summed E-state index contributed by atoms with van der Waals surface area (Å²) < 4.78 is 8.77. The van der Waals surface area contributed by atoms with Gasteiger partial charge in [0.15, 0.2) is 11.6 Å². The predicted octanol–water partition coefficient (Wildman–Crippen LogP) is 3.56. The van der Waals surface area contributed by atoms with Crippen LogP contribution < -0.4 is 10.6 Å². The van der Waals surface area contributed by atoms with Crippen LogP contribution in [-0.2, 0) is 19.4 Å². The van der Waals surface area contributed by atoms with Crippen molar-refractivity contribution in [2.75, 3.05) is 5.84 Å². The highest BCUT2D eigenvalue weighted by atomic mass is 35.5. The molecule has 2 N–H and O–H groups in total. The summed E-state index contributed by atoms with van der Waals surface area (Å²) in [5, 5.41) is 10.0. The zero-order chi connectivity index (χ0) is 18.0. The maximum absolute atomic E-state index is 6.07. The Morgan fingerprint density at radius 3 is 2.52 bits per heavy atom. The Hall–Kier alpha value is -1.61. The summed E-state index contributed by atoms with van der Waals surface area (Å²) in [5.41, 5.74) is 0. The molecule has 0 saturated heterocycles. The Labute approximate surface area is 163 Å². The molecule has 2 heterocycles. The summed E-state index contributed by atoms with van der Waals surface area (Å²) >= 11 is 19.5. The molecule has 25 heavy (non-hydrogen) atoms. The van der Waals surface area contributed by atoms with E-state index in [4.69, 9.17) is 45.4 Å². The molecule has 11 heteroatoms. The molecule has 0 aliphatic rings. The van der Waals surface area contributed by atoms with Gasteiger partial charge in [0, 0.05) is 7.05 Å². The van der Waals surface area contributed by atoms with E-state index in [-0.39, 0.29) is 6.61 Å². The van der Waals surface area contributed by atoms with Crippen LogP contribution in [0.2, 0.25) is 15.2 Å². The molecule has 7 nitrogen and oxygen atoms in total. The topological polar surface area (TPSA) is 83.8 Å². The molecular formula is C14H13Cl3N6OS. The number of ether oxygens (including phenoxy) is 1. The minimum atomic E-state index is 0.0851. The first-order valence-electron chi connectivity index (χ1n) is 7.02. The Bertz CT molecular complexity index is 877. The third-order valence-electron chi connectivity index (χ3n) is 3.36. The van der Waals surface area contributed by atoms with E-state index < -0.39 is 0 Å². The number of nitrogens with zero attached hydrogens (tertiary/aromatic N) is 5. The average Bonchev–Trinajstić information content (AvgIpc) is 3.09. The SMILES string of the molecule is Cn1c(Cl)cnc1CSc1nnc(COc2c(Cl)cccc2Cl)n1N. The second-order valence-corrected chi connectivity index (χ2v) is 7.10. The molecule has 0 unspecified atom stereocenters. The van der Waals surface area contributed by atoms with Gasteiger partial charge in [-0.15, -0.1) is 10.2 Å². The van der Waals surface area contributed by atoms with Crippen molar-refractivity contribution in [1.82, 2.24) is 24.4 Å². The van der Waals surface area contributed by atoms with Crippen LogP contribution in [-0.4, -0.2) is 24.4 Å². The highest BCUT2D eigenvalue weighted by Gasteiger charge is 2.14. The molecule has 0 radical (unpaired) electrons. The molecule has 0 fully saturated rings. The van der Waals surface area contributed by atoms with Gasteiger partial charge in [-0.25, -0.2) is 9.66 Å². The summed E-state index contributed by atoms with van der Waals surface area (Å²) in [7, 11) is 1.84. The smallest absolute Gasteiger partial charge is 0.210 e. The van der Waals surface area contributed by atoms with E-state index in [0.717, 1.165) is 5.82 Å². The van der Waals surface area contributed by atoms with Crippen LogP contribution in [0.1, 0.15) is 11.6 Å². The number of nitrogen functional groups attached to an aromatic ring is 1. The molecule has 0 aliphatic heterocycles. The van der Waals surface area contributed by atoms with Crippen molar-refractivity contribution >= 4 is 46.6 Å². The first-order chi connectivity index (χ1) is 12.0. The second-order valence-electron chi connectivity index (χ2n) is 4.95. The first-order valence-corrected chi connectivity index (χ1v) is 9.14. The van der Waals surface area contributed by atoms with Crippen LogP contribution in [0.5, 0.6) is 5.75 Å². The Morgan fingerprint density at radius 2 is 1.88 bits per heavy atom. The van der Waals surface area contributed by atoms with Gasteiger partial charge in [0.05, 0.1) is 22.0 Å². The highest BCUT2D eigenvalue weighted by molar-refractivity contribution is 7.98. The average molecular weight is 420 g/mol. The number of benzene rings is 1.